The van der Waals surface area contributed by atoms with Crippen LogP contribution in [0.15, 0.2) is 24.3 Å². The summed E-state index contributed by atoms with van der Waals surface area (Å²) in [5.41, 5.74) is 17.6. The smallest absolute Gasteiger partial charge is 0.228 e. The molecule has 176 valence electrons. The van der Waals surface area contributed by atoms with Crippen LogP contribution in [-0.4, -0.2) is 17.4 Å². The summed E-state index contributed by atoms with van der Waals surface area (Å²) in [7, 11) is 0. The molecule has 0 aromatic heterocycles. The second-order valence-corrected chi connectivity index (χ2v) is 12.0. The fourth-order valence-electron chi connectivity index (χ4n) is 4.07. The molecule has 0 heterocycles. The zero-order valence-electron chi connectivity index (χ0n) is 20.9. The molecule has 0 fully saturated rings. The van der Waals surface area contributed by atoms with Gasteiger partial charge in [0.05, 0.1) is 0 Å². The summed E-state index contributed by atoms with van der Waals surface area (Å²) in [6.07, 6.45) is 1.08. The summed E-state index contributed by atoms with van der Waals surface area (Å²) in [6.45, 7) is 18.4. The molecule has 2 atom stereocenters. The fourth-order valence-corrected chi connectivity index (χ4v) is 4.07. The molecule has 0 radical (unpaired) electrons. The van der Waals surface area contributed by atoms with E-state index in [0.29, 0.717) is 24.2 Å². The quantitative estimate of drug-likeness (QED) is 0.427. The minimum Gasteiger partial charge on any atom is -0.399 e. The Bertz CT molecular complexity index is 768. The summed E-state index contributed by atoms with van der Waals surface area (Å²) >= 11 is 0. The zero-order chi connectivity index (χ0) is 24.4. The SMILES string of the molecule is CC(C)(N)CC(C(N)=O)C(C)(C)C(C)(C)CC(C(=O)Nc1ccc(N)cc1)C(C)(C)C. The van der Waals surface area contributed by atoms with Gasteiger partial charge in [0.15, 0.2) is 0 Å². The number of anilines is 2. The van der Waals surface area contributed by atoms with E-state index in [2.05, 4.69) is 53.8 Å². The summed E-state index contributed by atoms with van der Waals surface area (Å²) in [5.74, 6) is -1.09. The first-order valence-corrected chi connectivity index (χ1v) is 11.0. The topological polar surface area (TPSA) is 124 Å². The van der Waals surface area contributed by atoms with Crippen LogP contribution in [0.2, 0.25) is 0 Å². The standard InChI is InChI=1S/C25H44N4O2/c1-22(2,3)19(21(31)29-17-12-10-16(26)11-13-17)14-23(4,5)25(8,9)18(20(27)30)15-24(6,7)28/h10-13,18-19H,14-15,26,28H2,1-9H3,(H2,27,30)(H,29,31). The lowest BCUT2D eigenvalue weighted by atomic mass is 9.55. The van der Waals surface area contributed by atoms with Crippen molar-refractivity contribution in [3.8, 4) is 0 Å². The Hall–Kier alpha value is -2.08. The largest absolute Gasteiger partial charge is 0.399 e. The fraction of sp³-hybridized carbons (Fsp3) is 0.680. The van der Waals surface area contributed by atoms with E-state index >= 15 is 0 Å². The Morgan fingerprint density at radius 2 is 1.35 bits per heavy atom. The number of nitrogens with one attached hydrogen (secondary N) is 1. The van der Waals surface area contributed by atoms with E-state index in [0.717, 1.165) is 0 Å². The molecule has 1 rings (SSSR count). The number of nitrogens with two attached hydrogens (primary N) is 3. The van der Waals surface area contributed by atoms with Crippen LogP contribution in [0, 0.1) is 28.1 Å². The molecule has 0 spiro atoms. The predicted octanol–water partition coefficient (Wildman–Crippen LogP) is 4.54. The summed E-state index contributed by atoms with van der Waals surface area (Å²) < 4.78 is 0. The second-order valence-electron chi connectivity index (χ2n) is 12.0. The molecule has 2 amide bonds. The Kier molecular flexibility index (Phi) is 7.99. The molecule has 0 saturated heterocycles. The Balaban J connectivity index is 3.22. The highest BCUT2D eigenvalue weighted by atomic mass is 16.2. The number of hydrogen-bond acceptors (Lipinski definition) is 4. The molecule has 0 bridgehead atoms. The lowest BCUT2D eigenvalue weighted by Gasteiger charge is -2.50. The normalized spacial score (nSPS) is 15.3. The number of amides is 2. The van der Waals surface area contributed by atoms with E-state index in [9.17, 15) is 9.59 Å². The Morgan fingerprint density at radius 1 is 0.871 bits per heavy atom. The van der Waals surface area contributed by atoms with Gasteiger partial charge in [0.2, 0.25) is 11.8 Å². The maximum absolute atomic E-state index is 13.3. The molecular formula is C25H44N4O2. The van der Waals surface area contributed by atoms with Gasteiger partial charge < -0.3 is 22.5 Å². The van der Waals surface area contributed by atoms with Gasteiger partial charge in [0.25, 0.3) is 0 Å². The molecule has 1 aromatic rings. The van der Waals surface area contributed by atoms with E-state index in [4.69, 9.17) is 17.2 Å². The van der Waals surface area contributed by atoms with Gasteiger partial charge in [0.1, 0.15) is 0 Å². The third-order valence-electron chi connectivity index (χ3n) is 6.94. The van der Waals surface area contributed by atoms with Crippen molar-refractivity contribution in [1.82, 2.24) is 0 Å². The molecule has 31 heavy (non-hydrogen) atoms. The molecule has 1 aromatic carbocycles. The van der Waals surface area contributed by atoms with Gasteiger partial charge in [-0.3, -0.25) is 9.59 Å². The van der Waals surface area contributed by atoms with Gasteiger partial charge in [0, 0.05) is 28.7 Å². The van der Waals surface area contributed by atoms with Crippen LogP contribution in [0.4, 0.5) is 11.4 Å². The molecule has 6 heteroatoms. The van der Waals surface area contributed by atoms with Crippen molar-refractivity contribution in [3.63, 3.8) is 0 Å². The van der Waals surface area contributed by atoms with Gasteiger partial charge in [-0.1, -0.05) is 48.5 Å². The monoisotopic (exact) mass is 432 g/mol. The minimum atomic E-state index is -0.525. The summed E-state index contributed by atoms with van der Waals surface area (Å²) in [6, 6.07) is 7.13. The molecule has 0 aliphatic carbocycles. The van der Waals surface area contributed by atoms with Crippen molar-refractivity contribution < 1.29 is 9.59 Å². The van der Waals surface area contributed by atoms with E-state index in [1.54, 1.807) is 24.3 Å². The third kappa shape index (κ3) is 7.23. The van der Waals surface area contributed by atoms with E-state index in [1.165, 1.54) is 0 Å². The molecule has 0 saturated carbocycles. The molecule has 2 unspecified atom stereocenters. The summed E-state index contributed by atoms with van der Waals surface area (Å²) in [4.78, 5) is 25.8. The van der Waals surface area contributed by atoms with Crippen LogP contribution >= 0.6 is 0 Å². The molecule has 0 aliphatic rings. The van der Waals surface area contributed by atoms with Crippen LogP contribution in [0.5, 0.6) is 0 Å². The number of carbonyl (C=O) groups is 2. The third-order valence-corrected chi connectivity index (χ3v) is 6.94. The maximum Gasteiger partial charge on any atom is 0.228 e. The van der Waals surface area contributed by atoms with Gasteiger partial charge in [-0.2, -0.15) is 0 Å². The molecule has 6 nitrogen and oxygen atoms in total. The van der Waals surface area contributed by atoms with Gasteiger partial charge in [-0.25, -0.2) is 0 Å². The highest BCUT2D eigenvalue weighted by Crippen LogP contribution is 2.52. The average molecular weight is 433 g/mol. The Labute approximate surface area is 188 Å². The van der Waals surface area contributed by atoms with Crippen molar-refractivity contribution in [2.75, 3.05) is 11.1 Å². The predicted molar refractivity (Wildman–Crippen MR) is 130 cm³/mol. The Morgan fingerprint density at radius 3 is 1.74 bits per heavy atom. The number of primary amides is 1. The number of benzene rings is 1. The van der Waals surface area contributed by atoms with Gasteiger partial charge >= 0.3 is 0 Å². The number of carbonyl (C=O) groups excluding carboxylic acids is 2. The number of hydrogen-bond donors (Lipinski definition) is 4. The van der Waals surface area contributed by atoms with Crippen molar-refractivity contribution >= 4 is 23.2 Å². The minimum absolute atomic E-state index is 0.0454. The molecular weight excluding hydrogens is 388 g/mol. The van der Waals surface area contributed by atoms with E-state index in [-0.39, 0.29) is 28.6 Å². The first-order valence-electron chi connectivity index (χ1n) is 11.0. The number of nitrogen functional groups attached to an aromatic ring is 1. The van der Waals surface area contributed by atoms with Crippen molar-refractivity contribution in [2.45, 2.75) is 80.7 Å². The van der Waals surface area contributed by atoms with Crippen molar-refractivity contribution in [2.24, 2.45) is 39.5 Å². The molecule has 0 aliphatic heterocycles. The lowest BCUT2D eigenvalue weighted by molar-refractivity contribution is -0.133. The lowest BCUT2D eigenvalue weighted by Crippen LogP contribution is -2.51. The first-order chi connectivity index (χ1) is 13.8. The highest BCUT2D eigenvalue weighted by molar-refractivity contribution is 5.93. The van der Waals surface area contributed by atoms with E-state index in [1.807, 2.05) is 13.8 Å². The zero-order valence-corrected chi connectivity index (χ0v) is 20.9. The van der Waals surface area contributed by atoms with Crippen molar-refractivity contribution in [3.05, 3.63) is 24.3 Å². The average Bonchev–Trinajstić information content (AvgIpc) is 2.57. The second kappa shape index (κ2) is 9.19. The van der Waals surface area contributed by atoms with Gasteiger partial charge in [-0.15, -0.1) is 0 Å². The highest BCUT2D eigenvalue weighted by Gasteiger charge is 2.49. The van der Waals surface area contributed by atoms with E-state index < -0.39 is 16.9 Å². The van der Waals surface area contributed by atoms with Crippen molar-refractivity contribution in [1.29, 1.82) is 0 Å². The van der Waals surface area contributed by atoms with Crippen LogP contribution in [0.1, 0.15) is 75.2 Å². The first kappa shape index (κ1) is 27.0. The van der Waals surface area contributed by atoms with Crippen LogP contribution in [-0.2, 0) is 9.59 Å². The van der Waals surface area contributed by atoms with Crippen LogP contribution < -0.4 is 22.5 Å². The summed E-state index contributed by atoms with van der Waals surface area (Å²) in [5, 5.41) is 3.03. The van der Waals surface area contributed by atoms with Gasteiger partial charge in [-0.05, 0) is 67.2 Å². The maximum atomic E-state index is 13.3. The number of rotatable bonds is 9. The molecule has 7 N–H and O–H groups in total. The van der Waals surface area contributed by atoms with Crippen LogP contribution in [0.25, 0.3) is 0 Å². The van der Waals surface area contributed by atoms with Crippen LogP contribution in [0.3, 0.4) is 0 Å².